The van der Waals surface area contributed by atoms with Gasteiger partial charge < -0.3 is 19.5 Å². The number of imidazole rings is 1. The number of piperidine rings is 1. The second-order valence-electron chi connectivity index (χ2n) is 11.0. The number of amides is 1. The molecule has 188 valence electrons. The van der Waals surface area contributed by atoms with Gasteiger partial charge >= 0.3 is 6.09 Å². The van der Waals surface area contributed by atoms with Gasteiger partial charge in [0.2, 0.25) is 0 Å². The van der Waals surface area contributed by atoms with Crippen LogP contribution in [0.15, 0.2) is 17.3 Å². The lowest BCUT2D eigenvalue weighted by Crippen LogP contribution is -2.50. The van der Waals surface area contributed by atoms with Crippen LogP contribution >= 0.6 is 23.4 Å². The summed E-state index contributed by atoms with van der Waals surface area (Å²) in [6, 6.07) is 4.04. The fourth-order valence-corrected chi connectivity index (χ4v) is 5.89. The Morgan fingerprint density at radius 1 is 1.06 bits per heavy atom. The van der Waals surface area contributed by atoms with E-state index in [1.807, 2.05) is 26.8 Å². The summed E-state index contributed by atoms with van der Waals surface area (Å²) in [6.07, 6.45) is 3.69. The van der Waals surface area contributed by atoms with Gasteiger partial charge in [0, 0.05) is 37.5 Å². The minimum Gasteiger partial charge on any atom is -0.444 e. The van der Waals surface area contributed by atoms with E-state index in [2.05, 4.69) is 34.7 Å². The zero-order chi connectivity index (χ0) is 24.5. The minimum absolute atomic E-state index is 0.140. The number of H-pyrrole nitrogens is 1. The average Bonchev–Trinajstić information content (AvgIpc) is 3.18. The number of ether oxygens (including phenoxy) is 1. The predicted octanol–water partition coefficient (Wildman–Crippen LogP) is 5.63. The van der Waals surface area contributed by atoms with Gasteiger partial charge in [0.15, 0.2) is 5.16 Å². The minimum atomic E-state index is -0.484. The van der Waals surface area contributed by atoms with Crippen molar-refractivity contribution in [1.29, 1.82) is 0 Å². The van der Waals surface area contributed by atoms with Crippen molar-refractivity contribution in [3.05, 3.63) is 17.2 Å². The maximum Gasteiger partial charge on any atom is 0.410 e. The van der Waals surface area contributed by atoms with E-state index in [1.54, 1.807) is 16.7 Å². The van der Waals surface area contributed by atoms with Crippen LogP contribution in [0.3, 0.4) is 0 Å². The second-order valence-corrected chi connectivity index (χ2v) is 12.3. The fraction of sp³-hybridized carbons (Fsp3) is 0.680. The summed E-state index contributed by atoms with van der Waals surface area (Å²) in [6.45, 7) is 15.4. The molecule has 7 nitrogen and oxygen atoms in total. The molecule has 3 heterocycles. The summed E-state index contributed by atoms with van der Waals surface area (Å²) in [5, 5.41) is 1.62. The van der Waals surface area contributed by atoms with E-state index in [1.165, 1.54) is 32.4 Å². The molecule has 0 saturated carbocycles. The number of fused-ring (bicyclic) bond motifs is 1. The third kappa shape index (κ3) is 6.13. The number of anilines is 1. The van der Waals surface area contributed by atoms with Crippen molar-refractivity contribution in [3.63, 3.8) is 0 Å². The molecule has 9 heteroatoms. The molecular weight excluding hydrogens is 470 g/mol. The summed E-state index contributed by atoms with van der Waals surface area (Å²) >= 11 is 8.45. The smallest absolute Gasteiger partial charge is 0.410 e. The van der Waals surface area contributed by atoms with Gasteiger partial charge in [-0.3, -0.25) is 4.90 Å². The Labute approximate surface area is 212 Å². The van der Waals surface area contributed by atoms with Crippen LogP contribution in [0, 0.1) is 0 Å². The first kappa shape index (κ1) is 25.5. The van der Waals surface area contributed by atoms with Crippen LogP contribution in [0.5, 0.6) is 0 Å². The summed E-state index contributed by atoms with van der Waals surface area (Å²) in [5.74, 6) is 0.986. The highest BCUT2D eigenvalue weighted by atomic mass is 35.5. The molecule has 2 aromatic rings. The molecule has 2 aliphatic rings. The Bertz CT molecular complexity index is 1000. The van der Waals surface area contributed by atoms with Crippen LogP contribution in [0.25, 0.3) is 11.0 Å². The molecule has 1 aromatic carbocycles. The number of likely N-dealkylation sites (tertiary alicyclic amines) is 1. The zero-order valence-electron chi connectivity index (χ0n) is 21.1. The molecule has 1 amide bonds. The van der Waals surface area contributed by atoms with Crippen LogP contribution in [0.1, 0.15) is 53.9 Å². The molecule has 2 fully saturated rings. The molecule has 2 aliphatic heterocycles. The number of nitrogens with one attached hydrogen (secondary N) is 1. The van der Waals surface area contributed by atoms with Crippen molar-refractivity contribution in [2.45, 2.75) is 70.2 Å². The lowest BCUT2D eigenvalue weighted by molar-refractivity contribution is 0.0240. The summed E-state index contributed by atoms with van der Waals surface area (Å²) in [4.78, 5) is 27.3. The quantitative estimate of drug-likeness (QED) is 0.529. The number of hydrogen-bond donors (Lipinski definition) is 1. The first-order valence-electron chi connectivity index (χ1n) is 12.3. The Hall–Kier alpha value is -1.64. The van der Waals surface area contributed by atoms with Crippen molar-refractivity contribution in [3.8, 4) is 0 Å². The molecule has 2 saturated heterocycles. The Morgan fingerprint density at radius 2 is 1.74 bits per heavy atom. The van der Waals surface area contributed by atoms with E-state index in [-0.39, 0.29) is 11.6 Å². The van der Waals surface area contributed by atoms with E-state index in [4.69, 9.17) is 21.3 Å². The van der Waals surface area contributed by atoms with Gasteiger partial charge in [-0.15, -0.1) is 0 Å². The molecule has 0 radical (unpaired) electrons. The van der Waals surface area contributed by atoms with E-state index >= 15 is 0 Å². The zero-order valence-corrected chi connectivity index (χ0v) is 22.7. The van der Waals surface area contributed by atoms with E-state index in [0.29, 0.717) is 31.2 Å². The maximum atomic E-state index is 12.4. The monoisotopic (exact) mass is 507 g/mol. The number of benzene rings is 1. The standard InChI is InChI=1S/C25H38ClN5O2S/c1-24(2,3)33-23(32)30-13-11-29(12-14-30)21-16-20-19(15-18(21)26)27-22(28-20)34-17-25(4,5)31-9-7-6-8-10-31/h15-16H,6-14,17H2,1-5H3,(H,27,28). The summed E-state index contributed by atoms with van der Waals surface area (Å²) in [7, 11) is 0. The number of aromatic nitrogens is 2. The number of hydrogen-bond acceptors (Lipinski definition) is 6. The summed E-state index contributed by atoms with van der Waals surface area (Å²) < 4.78 is 5.51. The SMILES string of the molecule is CC(C)(C)OC(=O)N1CCN(c2cc3[nH]c(SCC(C)(C)N4CCCCC4)nc3cc2Cl)CC1. The number of carbonyl (C=O) groups is 1. The van der Waals surface area contributed by atoms with E-state index < -0.39 is 5.60 Å². The number of nitrogens with zero attached hydrogens (tertiary/aromatic N) is 4. The molecule has 0 bridgehead atoms. The van der Waals surface area contributed by atoms with Gasteiger partial charge in [-0.2, -0.15) is 0 Å². The Balaban J connectivity index is 1.39. The average molecular weight is 508 g/mol. The van der Waals surface area contributed by atoms with Gasteiger partial charge in [-0.25, -0.2) is 9.78 Å². The molecule has 0 atom stereocenters. The second kappa shape index (κ2) is 10.2. The Kier molecular flexibility index (Phi) is 7.60. The van der Waals surface area contributed by atoms with Crippen LogP contribution in [0.4, 0.5) is 10.5 Å². The highest BCUT2D eigenvalue weighted by Gasteiger charge is 2.29. The highest BCUT2D eigenvalue weighted by Crippen LogP contribution is 2.33. The Morgan fingerprint density at radius 3 is 2.38 bits per heavy atom. The fourth-order valence-electron chi connectivity index (χ4n) is 4.60. The summed E-state index contributed by atoms with van der Waals surface area (Å²) in [5.41, 5.74) is 2.52. The molecule has 0 aliphatic carbocycles. The third-order valence-electron chi connectivity index (χ3n) is 6.58. The van der Waals surface area contributed by atoms with Crippen LogP contribution in [-0.4, -0.2) is 82.0 Å². The third-order valence-corrected chi connectivity index (χ3v) is 8.20. The lowest BCUT2D eigenvalue weighted by Gasteiger charge is -2.40. The van der Waals surface area contributed by atoms with Crippen molar-refractivity contribution < 1.29 is 9.53 Å². The normalized spacial score (nSPS) is 18.5. The molecule has 0 spiro atoms. The number of rotatable bonds is 5. The van der Waals surface area contributed by atoms with Crippen LogP contribution in [0.2, 0.25) is 5.02 Å². The van der Waals surface area contributed by atoms with Crippen LogP contribution in [-0.2, 0) is 4.74 Å². The number of aromatic amines is 1. The number of thioether (sulfide) groups is 1. The molecule has 4 rings (SSSR count). The van der Waals surface area contributed by atoms with Crippen molar-refractivity contribution in [1.82, 2.24) is 19.8 Å². The van der Waals surface area contributed by atoms with Crippen molar-refractivity contribution in [2.75, 3.05) is 49.9 Å². The van der Waals surface area contributed by atoms with Gasteiger partial charge in [-0.05, 0) is 72.7 Å². The molecular formula is C25H38ClN5O2S. The number of carbonyl (C=O) groups excluding carboxylic acids is 1. The van der Waals surface area contributed by atoms with Gasteiger partial charge in [0.05, 0.1) is 21.7 Å². The first-order chi connectivity index (χ1) is 16.0. The molecule has 1 N–H and O–H groups in total. The van der Waals surface area contributed by atoms with Crippen molar-refractivity contribution >= 4 is 46.2 Å². The van der Waals surface area contributed by atoms with Crippen LogP contribution < -0.4 is 4.90 Å². The lowest BCUT2D eigenvalue weighted by atomic mass is 10.0. The first-order valence-corrected chi connectivity index (χ1v) is 13.7. The van der Waals surface area contributed by atoms with Gasteiger partial charge in [-0.1, -0.05) is 29.8 Å². The predicted molar refractivity (Wildman–Crippen MR) is 141 cm³/mol. The highest BCUT2D eigenvalue weighted by molar-refractivity contribution is 7.99. The topological polar surface area (TPSA) is 64.7 Å². The number of piperazine rings is 1. The number of halogens is 1. The van der Waals surface area contributed by atoms with Gasteiger partial charge in [0.25, 0.3) is 0 Å². The largest absolute Gasteiger partial charge is 0.444 e. The molecule has 1 aromatic heterocycles. The molecule has 0 unspecified atom stereocenters. The van der Waals surface area contributed by atoms with E-state index in [0.717, 1.165) is 27.6 Å². The van der Waals surface area contributed by atoms with Crippen molar-refractivity contribution in [2.24, 2.45) is 0 Å². The van der Waals surface area contributed by atoms with Gasteiger partial charge in [0.1, 0.15) is 5.60 Å². The van der Waals surface area contributed by atoms with E-state index in [9.17, 15) is 4.79 Å². The molecule has 34 heavy (non-hydrogen) atoms. The maximum absolute atomic E-state index is 12.4.